The lowest BCUT2D eigenvalue weighted by Gasteiger charge is -2.25. The van der Waals surface area contributed by atoms with E-state index >= 15 is 0 Å². The molecule has 0 unspecified atom stereocenters. The van der Waals surface area contributed by atoms with Crippen LogP contribution >= 0.6 is 0 Å². The molecule has 19 heavy (non-hydrogen) atoms. The third-order valence-electron chi connectivity index (χ3n) is 2.78. The predicted octanol–water partition coefficient (Wildman–Crippen LogP) is 1.46. The summed E-state index contributed by atoms with van der Waals surface area (Å²) in [5.74, 6) is -4.53. The van der Waals surface area contributed by atoms with Crippen molar-refractivity contribution in [2.24, 2.45) is 0 Å². The summed E-state index contributed by atoms with van der Waals surface area (Å²) in [7, 11) is -4.48. The Morgan fingerprint density at radius 3 is 2.21 bits per heavy atom. The smallest absolute Gasteiger partial charge is 0.249 e. The molecule has 1 fully saturated rings. The Morgan fingerprint density at radius 1 is 1.11 bits per heavy atom. The van der Waals surface area contributed by atoms with Crippen molar-refractivity contribution in [3.05, 3.63) is 29.6 Å². The first-order valence-electron chi connectivity index (χ1n) is 5.49. The molecule has 1 aromatic carbocycles. The minimum atomic E-state index is -4.48. The molecule has 1 heterocycles. The van der Waals surface area contributed by atoms with E-state index in [1.54, 1.807) is 0 Å². The number of ketones is 1. The molecule has 0 N–H and O–H groups in total. The van der Waals surface area contributed by atoms with Crippen molar-refractivity contribution in [2.45, 2.75) is 17.7 Å². The van der Waals surface area contributed by atoms with Gasteiger partial charge in [0, 0.05) is 25.1 Å². The second-order valence-corrected chi connectivity index (χ2v) is 6.05. The summed E-state index contributed by atoms with van der Waals surface area (Å²) in [6, 6.07) is 0.587. The van der Waals surface area contributed by atoms with E-state index in [9.17, 15) is 26.4 Å². The highest BCUT2D eigenvalue weighted by Crippen LogP contribution is 2.25. The van der Waals surface area contributed by atoms with Crippen molar-refractivity contribution in [2.75, 3.05) is 13.1 Å². The minimum absolute atomic E-state index is 0.00430. The normalized spacial score (nSPS) is 17.7. The quantitative estimate of drug-likeness (QED) is 0.829. The van der Waals surface area contributed by atoms with Gasteiger partial charge in [-0.25, -0.2) is 21.6 Å². The van der Waals surface area contributed by atoms with E-state index in [0.29, 0.717) is 22.9 Å². The molecule has 0 aliphatic carbocycles. The Morgan fingerprint density at radius 2 is 1.68 bits per heavy atom. The third-order valence-corrected chi connectivity index (χ3v) is 4.67. The molecule has 0 saturated carbocycles. The fraction of sp³-hybridized carbons (Fsp3) is 0.364. The molecule has 0 aromatic heterocycles. The van der Waals surface area contributed by atoms with Gasteiger partial charge in [0.05, 0.1) is 6.54 Å². The van der Waals surface area contributed by atoms with Crippen LogP contribution in [0.5, 0.6) is 0 Å². The third kappa shape index (κ3) is 2.64. The van der Waals surface area contributed by atoms with Gasteiger partial charge in [-0.3, -0.25) is 4.79 Å². The summed E-state index contributed by atoms with van der Waals surface area (Å²) in [5.41, 5.74) is 0. The van der Waals surface area contributed by atoms with E-state index in [4.69, 9.17) is 0 Å². The van der Waals surface area contributed by atoms with Gasteiger partial charge in [-0.05, 0) is 6.42 Å². The first kappa shape index (κ1) is 14.0. The molecule has 0 radical (unpaired) electrons. The number of hydrogen-bond donors (Lipinski definition) is 0. The van der Waals surface area contributed by atoms with E-state index in [1.165, 1.54) is 0 Å². The Hall–Kier alpha value is -1.41. The number of hydrogen-bond acceptors (Lipinski definition) is 3. The lowest BCUT2D eigenvalue weighted by molar-refractivity contribution is -0.120. The average molecular weight is 293 g/mol. The number of halogens is 3. The van der Waals surface area contributed by atoms with Gasteiger partial charge in [-0.2, -0.15) is 4.31 Å². The Kier molecular flexibility index (Phi) is 3.64. The molecule has 1 aliphatic rings. The highest BCUT2D eigenvalue weighted by Gasteiger charge is 2.34. The second kappa shape index (κ2) is 4.93. The van der Waals surface area contributed by atoms with Crippen molar-refractivity contribution < 1.29 is 26.4 Å². The van der Waals surface area contributed by atoms with Crippen LogP contribution in [0.4, 0.5) is 13.2 Å². The predicted molar refractivity (Wildman–Crippen MR) is 59.3 cm³/mol. The van der Waals surface area contributed by atoms with Crippen LogP contribution in [0.1, 0.15) is 12.8 Å². The molecule has 0 spiro atoms. The average Bonchev–Trinajstić information content (AvgIpc) is 2.26. The maximum absolute atomic E-state index is 13.5. The highest BCUT2D eigenvalue weighted by molar-refractivity contribution is 7.89. The first-order valence-corrected chi connectivity index (χ1v) is 6.93. The zero-order chi connectivity index (χ0) is 14.2. The lowest BCUT2D eigenvalue weighted by Crippen LogP contribution is -2.40. The molecule has 1 saturated heterocycles. The number of sulfonamides is 1. The van der Waals surface area contributed by atoms with E-state index in [-0.39, 0.29) is 18.7 Å². The fourth-order valence-electron chi connectivity index (χ4n) is 1.92. The number of carbonyl (C=O) groups excluding carboxylic acids is 1. The number of carbonyl (C=O) groups is 1. The molecule has 8 heteroatoms. The van der Waals surface area contributed by atoms with Gasteiger partial charge >= 0.3 is 0 Å². The topological polar surface area (TPSA) is 54.5 Å². The monoisotopic (exact) mass is 293 g/mol. The Labute approximate surface area is 107 Å². The van der Waals surface area contributed by atoms with Crippen LogP contribution in [0.15, 0.2) is 17.0 Å². The van der Waals surface area contributed by atoms with E-state index in [2.05, 4.69) is 0 Å². The second-order valence-electron chi connectivity index (χ2n) is 4.18. The largest absolute Gasteiger partial charge is 0.298 e. The van der Waals surface area contributed by atoms with E-state index < -0.39 is 38.9 Å². The van der Waals surface area contributed by atoms with Crippen LogP contribution in [0.3, 0.4) is 0 Å². The molecule has 1 aromatic rings. The van der Waals surface area contributed by atoms with Gasteiger partial charge in [0.1, 0.15) is 23.2 Å². The molecule has 0 bridgehead atoms. The summed E-state index contributed by atoms with van der Waals surface area (Å²) in [6.45, 7) is -0.414. The van der Waals surface area contributed by atoms with Crippen molar-refractivity contribution >= 4 is 15.8 Å². The van der Waals surface area contributed by atoms with Gasteiger partial charge in [-0.1, -0.05) is 0 Å². The Balaban J connectivity index is 2.48. The van der Waals surface area contributed by atoms with Crippen molar-refractivity contribution in [1.82, 2.24) is 4.31 Å². The molecule has 0 atom stereocenters. The highest BCUT2D eigenvalue weighted by atomic mass is 32.2. The lowest BCUT2D eigenvalue weighted by atomic mass is 10.1. The number of nitrogens with zero attached hydrogens (tertiary/aromatic N) is 1. The van der Waals surface area contributed by atoms with E-state index in [0.717, 1.165) is 0 Å². The summed E-state index contributed by atoms with van der Waals surface area (Å²) < 4.78 is 64.6. The first-order chi connectivity index (χ1) is 8.82. The van der Waals surface area contributed by atoms with Gasteiger partial charge < -0.3 is 0 Å². The van der Waals surface area contributed by atoms with Crippen molar-refractivity contribution in [3.63, 3.8) is 0 Å². The van der Waals surface area contributed by atoms with Crippen LogP contribution in [-0.2, 0) is 14.8 Å². The molecule has 2 rings (SSSR count). The molecule has 1 aliphatic heterocycles. The number of benzene rings is 1. The standard InChI is InChI=1S/C11H10F3NO3S/c12-7-4-9(13)11(10(14)5-7)19(17,18)15-3-1-2-8(16)6-15/h4-5H,1-3,6H2. The van der Waals surface area contributed by atoms with E-state index in [1.807, 2.05) is 0 Å². The van der Waals surface area contributed by atoms with Crippen LogP contribution in [0.25, 0.3) is 0 Å². The molecule has 0 amide bonds. The Bertz CT molecular complexity index is 607. The van der Waals surface area contributed by atoms with Gasteiger partial charge in [0.15, 0.2) is 4.90 Å². The molecule has 4 nitrogen and oxygen atoms in total. The van der Waals surface area contributed by atoms with Crippen molar-refractivity contribution in [1.29, 1.82) is 0 Å². The van der Waals surface area contributed by atoms with Gasteiger partial charge in [-0.15, -0.1) is 0 Å². The van der Waals surface area contributed by atoms with Crippen molar-refractivity contribution in [3.8, 4) is 0 Å². The number of rotatable bonds is 2. The number of piperidine rings is 1. The summed E-state index contributed by atoms with van der Waals surface area (Å²) in [6.07, 6.45) is 0.531. The summed E-state index contributed by atoms with van der Waals surface area (Å²) in [5, 5.41) is 0. The van der Waals surface area contributed by atoms with Gasteiger partial charge in [0.25, 0.3) is 0 Å². The fourth-order valence-corrected chi connectivity index (χ4v) is 3.47. The van der Waals surface area contributed by atoms with Crippen LogP contribution < -0.4 is 0 Å². The van der Waals surface area contributed by atoms with Crippen LogP contribution in [-0.4, -0.2) is 31.6 Å². The zero-order valence-corrected chi connectivity index (χ0v) is 10.5. The molecular weight excluding hydrogens is 283 g/mol. The minimum Gasteiger partial charge on any atom is -0.298 e. The maximum atomic E-state index is 13.5. The zero-order valence-electron chi connectivity index (χ0n) is 9.70. The van der Waals surface area contributed by atoms with Crippen LogP contribution in [0, 0.1) is 17.5 Å². The maximum Gasteiger partial charge on any atom is 0.249 e. The van der Waals surface area contributed by atoms with Gasteiger partial charge in [0.2, 0.25) is 10.0 Å². The summed E-state index contributed by atoms with van der Waals surface area (Å²) in [4.78, 5) is 10.0. The number of Topliss-reactive ketones (excluding diaryl/α,β-unsaturated/α-hetero) is 1. The molecular formula is C11H10F3NO3S. The SMILES string of the molecule is O=C1CCCN(S(=O)(=O)c2c(F)cc(F)cc2F)C1. The summed E-state index contributed by atoms with van der Waals surface area (Å²) >= 11 is 0. The molecule has 104 valence electrons. The van der Waals surface area contributed by atoms with Crippen LogP contribution in [0.2, 0.25) is 0 Å².